The smallest absolute Gasteiger partial charge is 0.0177 e. The molecule has 0 aliphatic heterocycles. The van der Waals surface area contributed by atoms with Crippen LogP contribution in [0.3, 0.4) is 0 Å². The third-order valence-corrected chi connectivity index (χ3v) is 5.14. The minimum absolute atomic E-state index is 0.230. The van der Waals surface area contributed by atoms with E-state index in [1.54, 1.807) is 0 Å². The molecule has 0 radical (unpaired) electrons. The summed E-state index contributed by atoms with van der Waals surface area (Å²) in [6, 6.07) is 10.6. The van der Waals surface area contributed by atoms with Gasteiger partial charge in [-0.15, -0.1) is 0 Å². The Kier molecular flexibility index (Phi) is 8.76. The lowest BCUT2D eigenvalue weighted by Crippen LogP contribution is -2.55. The van der Waals surface area contributed by atoms with Crippen LogP contribution in [0.1, 0.15) is 85.6 Å². The quantitative estimate of drug-likeness (QED) is 0.425. The number of unbranched alkanes of at least 4 members (excludes halogenated alkanes) is 2. The molecule has 0 atom stereocenters. The van der Waals surface area contributed by atoms with Crippen LogP contribution in [0.4, 0.5) is 0 Å². The fraction of sp³-hybridized carbons (Fsp3) is 0.652. The first-order valence-electron chi connectivity index (χ1n) is 9.83. The van der Waals surface area contributed by atoms with Crippen molar-refractivity contribution in [3.05, 3.63) is 42.0 Å². The highest BCUT2D eigenvalue weighted by atomic mass is 15.2. The fourth-order valence-corrected chi connectivity index (χ4v) is 3.66. The number of hydrogen-bond acceptors (Lipinski definition) is 1. The Morgan fingerprint density at radius 3 is 1.79 bits per heavy atom. The van der Waals surface area contributed by atoms with Crippen molar-refractivity contribution in [2.45, 2.75) is 91.1 Å². The number of nitrogens with zero attached hydrogens (tertiary/aromatic N) is 1. The number of benzene rings is 1. The van der Waals surface area contributed by atoms with Crippen LogP contribution in [0, 0.1) is 0 Å². The van der Waals surface area contributed by atoms with Crippen molar-refractivity contribution in [2.24, 2.45) is 0 Å². The summed E-state index contributed by atoms with van der Waals surface area (Å²) >= 11 is 0. The average Bonchev–Trinajstić information content (AvgIpc) is 2.55. The molecule has 0 aromatic heterocycles. The lowest BCUT2D eigenvalue weighted by molar-refractivity contribution is 0.0151. The van der Waals surface area contributed by atoms with Crippen molar-refractivity contribution >= 4 is 6.08 Å². The molecule has 0 amide bonds. The van der Waals surface area contributed by atoms with Gasteiger partial charge >= 0.3 is 0 Å². The van der Waals surface area contributed by atoms with Gasteiger partial charge in [-0.2, -0.15) is 0 Å². The maximum atomic E-state index is 2.73. The minimum Gasteiger partial charge on any atom is -0.289 e. The van der Waals surface area contributed by atoms with Gasteiger partial charge in [0.05, 0.1) is 0 Å². The second-order valence-electron chi connectivity index (χ2n) is 8.26. The van der Waals surface area contributed by atoms with E-state index < -0.39 is 0 Å². The monoisotopic (exact) mass is 329 g/mol. The van der Waals surface area contributed by atoms with Crippen molar-refractivity contribution in [1.29, 1.82) is 0 Å². The van der Waals surface area contributed by atoms with Gasteiger partial charge in [0.25, 0.3) is 0 Å². The van der Waals surface area contributed by atoms with E-state index in [9.17, 15) is 0 Å². The first kappa shape index (κ1) is 21.0. The third-order valence-electron chi connectivity index (χ3n) is 5.14. The second kappa shape index (κ2) is 10.0. The van der Waals surface area contributed by atoms with Crippen molar-refractivity contribution < 1.29 is 0 Å². The molecule has 1 rings (SSSR count). The molecule has 0 saturated carbocycles. The van der Waals surface area contributed by atoms with Gasteiger partial charge in [0.15, 0.2) is 0 Å². The normalized spacial score (nSPS) is 13.1. The van der Waals surface area contributed by atoms with Gasteiger partial charge in [-0.25, -0.2) is 0 Å². The summed E-state index contributed by atoms with van der Waals surface area (Å²) in [4.78, 5) is 2.73. The lowest BCUT2D eigenvalue weighted by atomic mass is 9.86. The average molecular weight is 330 g/mol. The summed E-state index contributed by atoms with van der Waals surface area (Å²) in [6.45, 7) is 15.3. The van der Waals surface area contributed by atoms with Crippen LogP contribution in [-0.2, 0) is 0 Å². The minimum atomic E-state index is 0.230. The summed E-state index contributed by atoms with van der Waals surface area (Å²) in [7, 11) is 0. The molecule has 0 fully saturated rings. The largest absolute Gasteiger partial charge is 0.289 e. The molecule has 0 bridgehead atoms. The van der Waals surface area contributed by atoms with Gasteiger partial charge in [0, 0.05) is 17.6 Å². The zero-order valence-corrected chi connectivity index (χ0v) is 16.9. The molecule has 0 spiro atoms. The molecule has 1 aromatic carbocycles. The van der Waals surface area contributed by atoms with E-state index in [1.165, 1.54) is 44.1 Å². The summed E-state index contributed by atoms with van der Waals surface area (Å²) < 4.78 is 0. The van der Waals surface area contributed by atoms with Gasteiger partial charge in [0.1, 0.15) is 0 Å². The molecule has 0 aliphatic rings. The van der Waals surface area contributed by atoms with Crippen LogP contribution in [0.5, 0.6) is 0 Å². The predicted octanol–water partition coefficient (Wildman–Crippen LogP) is 6.94. The molecule has 0 saturated heterocycles. The first-order chi connectivity index (χ1) is 11.3. The van der Waals surface area contributed by atoms with Crippen molar-refractivity contribution in [3.63, 3.8) is 0 Å². The van der Waals surface area contributed by atoms with Gasteiger partial charge in [-0.1, -0.05) is 82.0 Å². The maximum absolute atomic E-state index is 2.73. The number of hydrogen-bond donors (Lipinski definition) is 0. The molecule has 1 nitrogen and oxygen atoms in total. The SMILES string of the molecule is CCCCC(C)(C)N(CC=Cc1ccccc1)C(C)(C)CCCC. The summed E-state index contributed by atoms with van der Waals surface area (Å²) in [5.41, 5.74) is 1.75. The third kappa shape index (κ3) is 6.81. The molecule has 136 valence electrons. The van der Waals surface area contributed by atoms with E-state index in [1.807, 2.05) is 0 Å². The zero-order chi connectivity index (χ0) is 18.1. The van der Waals surface area contributed by atoms with Gasteiger partial charge in [0.2, 0.25) is 0 Å². The molecule has 0 heterocycles. The van der Waals surface area contributed by atoms with Crippen LogP contribution in [0.2, 0.25) is 0 Å². The Morgan fingerprint density at radius 2 is 1.33 bits per heavy atom. The predicted molar refractivity (Wildman–Crippen MR) is 109 cm³/mol. The zero-order valence-electron chi connectivity index (χ0n) is 16.9. The first-order valence-corrected chi connectivity index (χ1v) is 9.83. The topological polar surface area (TPSA) is 3.24 Å². The van der Waals surface area contributed by atoms with E-state index in [-0.39, 0.29) is 11.1 Å². The van der Waals surface area contributed by atoms with Crippen LogP contribution in [-0.4, -0.2) is 22.5 Å². The highest BCUT2D eigenvalue weighted by molar-refractivity contribution is 5.48. The van der Waals surface area contributed by atoms with Gasteiger partial charge in [-0.05, 0) is 46.1 Å². The number of rotatable bonds is 11. The van der Waals surface area contributed by atoms with E-state index in [0.29, 0.717) is 0 Å². The molecular weight excluding hydrogens is 290 g/mol. The van der Waals surface area contributed by atoms with Gasteiger partial charge < -0.3 is 0 Å². The molecule has 0 N–H and O–H groups in total. The second-order valence-corrected chi connectivity index (χ2v) is 8.26. The van der Waals surface area contributed by atoms with E-state index >= 15 is 0 Å². The van der Waals surface area contributed by atoms with Gasteiger partial charge in [-0.3, -0.25) is 4.90 Å². The molecule has 24 heavy (non-hydrogen) atoms. The van der Waals surface area contributed by atoms with Crippen molar-refractivity contribution in [2.75, 3.05) is 6.54 Å². The Labute approximate surface area is 151 Å². The summed E-state index contributed by atoms with van der Waals surface area (Å²) in [5.74, 6) is 0. The Morgan fingerprint density at radius 1 is 0.833 bits per heavy atom. The standard InChI is InChI=1S/C23H39N/c1-7-9-18-22(3,4)24(23(5,6)19-10-8-2)20-14-17-21-15-12-11-13-16-21/h11-17H,7-10,18-20H2,1-6H3. The van der Waals surface area contributed by atoms with E-state index in [0.717, 1.165) is 6.54 Å². The van der Waals surface area contributed by atoms with Crippen LogP contribution in [0.25, 0.3) is 6.08 Å². The summed E-state index contributed by atoms with van der Waals surface area (Å²) in [5, 5.41) is 0. The van der Waals surface area contributed by atoms with E-state index in [2.05, 4.69) is 88.9 Å². The van der Waals surface area contributed by atoms with Crippen LogP contribution < -0.4 is 0 Å². The van der Waals surface area contributed by atoms with Crippen molar-refractivity contribution in [1.82, 2.24) is 4.90 Å². The Bertz CT molecular complexity index is 450. The Balaban J connectivity index is 2.89. The molecule has 1 aromatic rings. The Hall–Kier alpha value is -1.08. The fourth-order valence-electron chi connectivity index (χ4n) is 3.66. The lowest BCUT2D eigenvalue weighted by Gasteiger charge is -2.49. The van der Waals surface area contributed by atoms with Crippen LogP contribution in [0.15, 0.2) is 36.4 Å². The molecule has 0 aliphatic carbocycles. The summed E-state index contributed by atoms with van der Waals surface area (Å²) in [6.07, 6.45) is 12.3. The molecular formula is C23H39N. The molecule has 0 unspecified atom stereocenters. The highest BCUT2D eigenvalue weighted by Gasteiger charge is 2.35. The maximum Gasteiger partial charge on any atom is 0.0177 e. The molecule has 1 heteroatoms. The van der Waals surface area contributed by atoms with Crippen LogP contribution >= 0.6 is 0 Å². The van der Waals surface area contributed by atoms with Crippen molar-refractivity contribution in [3.8, 4) is 0 Å². The highest BCUT2D eigenvalue weighted by Crippen LogP contribution is 2.32. The van der Waals surface area contributed by atoms with E-state index in [4.69, 9.17) is 0 Å².